The highest BCUT2D eigenvalue weighted by atomic mass is 35.5. The highest BCUT2D eigenvalue weighted by molar-refractivity contribution is 6.31. The molecule has 0 atom stereocenters. The number of aliphatic carboxylic acids is 1. The van der Waals surface area contributed by atoms with Gasteiger partial charge in [0.05, 0.1) is 16.9 Å². The second kappa shape index (κ2) is 4.55. The molecule has 0 radical (unpaired) electrons. The molecule has 2 rings (SSSR count). The molecule has 4 nitrogen and oxygen atoms in total. The topological polar surface area (TPSA) is 66.0 Å². The molecule has 6 heteroatoms. The van der Waals surface area contributed by atoms with Crippen LogP contribution < -0.4 is 0 Å². The highest BCUT2D eigenvalue weighted by Gasteiger charge is 2.08. The number of aromatic nitrogens is 2. The zero-order chi connectivity index (χ0) is 12.4. The summed E-state index contributed by atoms with van der Waals surface area (Å²) in [5, 5.41) is 8.61. The van der Waals surface area contributed by atoms with Gasteiger partial charge >= 0.3 is 5.97 Å². The molecule has 0 saturated carbocycles. The van der Waals surface area contributed by atoms with Crippen LogP contribution in [-0.2, 0) is 11.2 Å². The zero-order valence-electron chi connectivity index (χ0n) is 8.58. The molecule has 17 heavy (non-hydrogen) atoms. The fourth-order valence-electron chi connectivity index (χ4n) is 1.41. The van der Waals surface area contributed by atoms with Crippen molar-refractivity contribution in [2.24, 2.45) is 0 Å². The summed E-state index contributed by atoms with van der Waals surface area (Å²) in [6.07, 6.45) is 1.30. The maximum Gasteiger partial charge on any atom is 0.311 e. The van der Waals surface area contributed by atoms with E-state index in [1.165, 1.54) is 18.3 Å². The smallest absolute Gasteiger partial charge is 0.311 e. The van der Waals surface area contributed by atoms with E-state index in [-0.39, 0.29) is 11.4 Å². The van der Waals surface area contributed by atoms with Gasteiger partial charge in [0.15, 0.2) is 0 Å². The standard InChI is InChI=1S/C11H8ClFN2O2/c12-7-3-6(1-2-8(7)13)9-5-14-10(15-9)4-11(16)17/h1-3,5H,4H2,(H,14,15)(H,16,17). The van der Waals surface area contributed by atoms with Crippen molar-refractivity contribution in [3.05, 3.63) is 41.1 Å². The fraction of sp³-hybridized carbons (Fsp3) is 0.0909. The lowest BCUT2D eigenvalue weighted by Crippen LogP contribution is -2.01. The molecule has 1 aromatic carbocycles. The number of H-pyrrole nitrogens is 1. The number of halogens is 2. The Kier molecular flexibility index (Phi) is 3.10. The van der Waals surface area contributed by atoms with Crippen LogP contribution in [0.15, 0.2) is 24.4 Å². The molecule has 0 fully saturated rings. The number of carboxylic acids is 1. The number of nitrogens with one attached hydrogen (secondary N) is 1. The van der Waals surface area contributed by atoms with Crippen LogP contribution in [0.5, 0.6) is 0 Å². The molecule has 0 aliphatic heterocycles. The number of hydrogen-bond acceptors (Lipinski definition) is 2. The van der Waals surface area contributed by atoms with Gasteiger partial charge in [-0.15, -0.1) is 0 Å². The second-order valence-electron chi connectivity index (χ2n) is 3.44. The second-order valence-corrected chi connectivity index (χ2v) is 3.85. The van der Waals surface area contributed by atoms with Crippen molar-refractivity contribution in [2.75, 3.05) is 0 Å². The molecule has 0 saturated heterocycles. The van der Waals surface area contributed by atoms with Gasteiger partial charge in [-0.1, -0.05) is 11.6 Å². The summed E-state index contributed by atoms with van der Waals surface area (Å²) in [6, 6.07) is 4.24. The molecule has 1 aromatic heterocycles. The van der Waals surface area contributed by atoms with Crippen LogP contribution in [0.3, 0.4) is 0 Å². The Bertz CT molecular complexity index is 568. The Labute approximate surface area is 101 Å². The predicted molar refractivity (Wildman–Crippen MR) is 60.3 cm³/mol. The number of imidazole rings is 1. The van der Waals surface area contributed by atoms with Gasteiger partial charge in [-0.3, -0.25) is 4.79 Å². The van der Waals surface area contributed by atoms with E-state index in [9.17, 15) is 9.18 Å². The van der Waals surface area contributed by atoms with E-state index in [4.69, 9.17) is 16.7 Å². The zero-order valence-corrected chi connectivity index (χ0v) is 9.33. The lowest BCUT2D eigenvalue weighted by Gasteiger charge is -1.99. The molecule has 88 valence electrons. The van der Waals surface area contributed by atoms with Gasteiger partial charge < -0.3 is 10.1 Å². The first-order valence-electron chi connectivity index (χ1n) is 4.77. The molecule has 2 aromatic rings. The van der Waals surface area contributed by atoms with E-state index in [0.717, 1.165) is 0 Å². The summed E-state index contributed by atoms with van der Waals surface area (Å²) in [7, 11) is 0. The molecule has 0 unspecified atom stereocenters. The monoisotopic (exact) mass is 254 g/mol. The van der Waals surface area contributed by atoms with E-state index >= 15 is 0 Å². The minimum atomic E-state index is -0.969. The first-order chi connectivity index (χ1) is 8.06. The van der Waals surface area contributed by atoms with Crippen molar-refractivity contribution in [2.45, 2.75) is 6.42 Å². The van der Waals surface area contributed by atoms with E-state index in [1.54, 1.807) is 6.07 Å². The van der Waals surface area contributed by atoms with Crippen LogP contribution in [0.4, 0.5) is 4.39 Å². The molecular formula is C11H8ClFN2O2. The number of aromatic amines is 1. The Morgan fingerprint density at radius 3 is 2.94 bits per heavy atom. The number of benzene rings is 1. The van der Waals surface area contributed by atoms with Gasteiger partial charge in [0.25, 0.3) is 0 Å². The van der Waals surface area contributed by atoms with Crippen LogP contribution >= 0.6 is 11.6 Å². The van der Waals surface area contributed by atoms with Crippen molar-refractivity contribution in [1.29, 1.82) is 0 Å². The summed E-state index contributed by atoms with van der Waals surface area (Å²) < 4.78 is 13.0. The average molecular weight is 255 g/mol. The van der Waals surface area contributed by atoms with Crippen LogP contribution in [0.25, 0.3) is 11.3 Å². The maximum atomic E-state index is 13.0. The Morgan fingerprint density at radius 1 is 1.53 bits per heavy atom. The fourth-order valence-corrected chi connectivity index (χ4v) is 1.59. The van der Waals surface area contributed by atoms with Crippen molar-refractivity contribution >= 4 is 17.6 Å². The van der Waals surface area contributed by atoms with Crippen molar-refractivity contribution < 1.29 is 14.3 Å². The molecule has 1 heterocycles. The van der Waals surface area contributed by atoms with Crippen molar-refractivity contribution in [3.8, 4) is 11.3 Å². The van der Waals surface area contributed by atoms with E-state index < -0.39 is 11.8 Å². The van der Waals surface area contributed by atoms with Crippen molar-refractivity contribution in [3.63, 3.8) is 0 Å². The van der Waals surface area contributed by atoms with Crippen LogP contribution in [0.1, 0.15) is 5.82 Å². The Balaban J connectivity index is 2.30. The van der Waals surface area contributed by atoms with Gasteiger partial charge in [-0.2, -0.15) is 0 Å². The minimum Gasteiger partial charge on any atom is -0.481 e. The molecule has 0 bridgehead atoms. The van der Waals surface area contributed by atoms with Gasteiger partial charge in [0.1, 0.15) is 18.1 Å². The van der Waals surface area contributed by atoms with E-state index in [0.29, 0.717) is 17.1 Å². The Morgan fingerprint density at radius 2 is 2.29 bits per heavy atom. The molecule has 0 aliphatic carbocycles. The summed E-state index contributed by atoms with van der Waals surface area (Å²) in [5.74, 6) is -1.13. The summed E-state index contributed by atoms with van der Waals surface area (Å²) in [6.45, 7) is 0. The Hall–Kier alpha value is -1.88. The first kappa shape index (κ1) is 11.6. The lowest BCUT2D eigenvalue weighted by molar-refractivity contribution is -0.136. The molecular weight excluding hydrogens is 247 g/mol. The third-order valence-electron chi connectivity index (χ3n) is 2.18. The third kappa shape index (κ3) is 2.62. The molecule has 0 spiro atoms. The van der Waals surface area contributed by atoms with Crippen LogP contribution in [0.2, 0.25) is 5.02 Å². The SMILES string of the molecule is O=C(O)Cc1ncc(-c2ccc(F)c(Cl)c2)[nH]1. The first-order valence-corrected chi connectivity index (χ1v) is 5.15. The van der Waals surface area contributed by atoms with Crippen LogP contribution in [-0.4, -0.2) is 21.0 Å². The van der Waals surface area contributed by atoms with Gasteiger partial charge in [-0.25, -0.2) is 9.37 Å². The van der Waals surface area contributed by atoms with Crippen LogP contribution in [0, 0.1) is 5.82 Å². The predicted octanol–water partition coefficient (Wildman–Crippen LogP) is 2.50. The minimum absolute atomic E-state index is 0.0110. The number of carboxylic acid groups (broad SMARTS) is 1. The molecule has 0 amide bonds. The van der Waals surface area contributed by atoms with Gasteiger partial charge in [-0.05, 0) is 18.2 Å². The largest absolute Gasteiger partial charge is 0.481 e. The highest BCUT2D eigenvalue weighted by Crippen LogP contribution is 2.23. The lowest BCUT2D eigenvalue weighted by atomic mass is 10.2. The molecule has 2 N–H and O–H groups in total. The quantitative estimate of drug-likeness (QED) is 0.884. The van der Waals surface area contributed by atoms with Gasteiger partial charge in [0, 0.05) is 5.56 Å². The average Bonchev–Trinajstić information content (AvgIpc) is 2.69. The van der Waals surface area contributed by atoms with Gasteiger partial charge in [0.2, 0.25) is 0 Å². The number of hydrogen-bond donors (Lipinski definition) is 2. The van der Waals surface area contributed by atoms with Crippen molar-refractivity contribution in [1.82, 2.24) is 9.97 Å². The number of carbonyl (C=O) groups is 1. The summed E-state index contributed by atoms with van der Waals surface area (Å²) in [5.41, 5.74) is 1.25. The van der Waals surface area contributed by atoms with E-state index in [2.05, 4.69) is 9.97 Å². The summed E-state index contributed by atoms with van der Waals surface area (Å²) >= 11 is 5.65. The molecule has 0 aliphatic rings. The summed E-state index contributed by atoms with van der Waals surface area (Å²) in [4.78, 5) is 17.2. The maximum absolute atomic E-state index is 13.0. The van der Waals surface area contributed by atoms with E-state index in [1.807, 2.05) is 0 Å². The number of rotatable bonds is 3. The number of nitrogens with zero attached hydrogens (tertiary/aromatic N) is 1. The normalized spacial score (nSPS) is 10.5. The third-order valence-corrected chi connectivity index (χ3v) is 2.47.